The lowest BCUT2D eigenvalue weighted by atomic mass is 10.2. The number of nitrogens with zero attached hydrogens (tertiary/aromatic N) is 1. The van der Waals surface area contributed by atoms with Crippen LogP contribution in [0.4, 0.5) is 0 Å². The van der Waals surface area contributed by atoms with E-state index in [1.165, 1.54) is 11.3 Å². The van der Waals surface area contributed by atoms with E-state index in [1.54, 1.807) is 4.90 Å². The van der Waals surface area contributed by atoms with Crippen LogP contribution in [0, 0.1) is 0 Å². The maximum atomic E-state index is 11.5. The third-order valence-corrected chi connectivity index (χ3v) is 5.21. The number of rotatable bonds is 3. The van der Waals surface area contributed by atoms with Crippen molar-refractivity contribution in [1.29, 1.82) is 0 Å². The van der Waals surface area contributed by atoms with E-state index in [0.29, 0.717) is 11.6 Å². The molecular weight excluding hydrogens is 312 g/mol. The highest BCUT2D eigenvalue weighted by Gasteiger charge is 2.32. The zero-order chi connectivity index (χ0) is 15.0. The van der Waals surface area contributed by atoms with Crippen molar-refractivity contribution >= 4 is 44.9 Å². The van der Waals surface area contributed by atoms with Gasteiger partial charge in [-0.05, 0) is 6.07 Å². The predicted octanol–water partition coefficient (Wildman–Crippen LogP) is 1.94. The number of fused-ring (bicyclic) bond motifs is 1. The van der Waals surface area contributed by atoms with E-state index >= 15 is 0 Å². The molecule has 1 aromatic heterocycles. The highest BCUT2D eigenvalue weighted by molar-refractivity contribution is 7.19. The minimum absolute atomic E-state index is 0.0710. The first kappa shape index (κ1) is 14.3. The lowest BCUT2D eigenvalue weighted by Crippen LogP contribution is -2.56. The Labute approximate surface area is 130 Å². The molecule has 3 rings (SSSR count). The molecular formula is C14H13ClN2O3S. The number of amides is 1. The first-order valence-electron chi connectivity index (χ1n) is 6.45. The first-order chi connectivity index (χ1) is 10.1. The third-order valence-electron chi connectivity index (χ3n) is 3.51. The summed E-state index contributed by atoms with van der Waals surface area (Å²) < 4.78 is 1.06. The summed E-state index contributed by atoms with van der Waals surface area (Å²) in [6.45, 7) is 0.556. The summed E-state index contributed by atoms with van der Waals surface area (Å²) in [5.74, 6) is -1.10. The van der Waals surface area contributed by atoms with Gasteiger partial charge in [0.25, 0.3) is 0 Å². The van der Waals surface area contributed by atoms with Gasteiger partial charge in [0.2, 0.25) is 5.91 Å². The van der Waals surface area contributed by atoms with Crippen LogP contribution in [0.2, 0.25) is 5.02 Å². The van der Waals surface area contributed by atoms with Crippen LogP contribution >= 0.6 is 22.9 Å². The second kappa shape index (κ2) is 5.63. The van der Waals surface area contributed by atoms with Gasteiger partial charge in [0, 0.05) is 28.1 Å². The highest BCUT2D eigenvalue weighted by Crippen LogP contribution is 2.36. The number of thiophene rings is 1. The van der Waals surface area contributed by atoms with Gasteiger partial charge in [0.1, 0.15) is 6.04 Å². The molecule has 0 saturated carbocycles. The van der Waals surface area contributed by atoms with Crippen molar-refractivity contribution < 1.29 is 14.7 Å². The molecule has 21 heavy (non-hydrogen) atoms. The summed E-state index contributed by atoms with van der Waals surface area (Å²) >= 11 is 7.91. The van der Waals surface area contributed by atoms with Crippen molar-refractivity contribution in [3.63, 3.8) is 0 Å². The van der Waals surface area contributed by atoms with Crippen LogP contribution in [0.3, 0.4) is 0 Å². The van der Waals surface area contributed by atoms with Crippen molar-refractivity contribution in [2.24, 2.45) is 0 Å². The number of benzene rings is 1. The smallest absolute Gasteiger partial charge is 0.322 e. The van der Waals surface area contributed by atoms with E-state index in [4.69, 9.17) is 11.6 Å². The molecule has 0 aliphatic carbocycles. The lowest BCUT2D eigenvalue weighted by Gasteiger charge is -2.32. The van der Waals surface area contributed by atoms with Crippen LogP contribution in [0.1, 0.15) is 4.88 Å². The number of carbonyl (C=O) groups excluding carboxylic acids is 1. The van der Waals surface area contributed by atoms with E-state index in [0.717, 1.165) is 15.0 Å². The van der Waals surface area contributed by atoms with Gasteiger partial charge in [-0.1, -0.05) is 29.8 Å². The number of hydrogen-bond acceptors (Lipinski definition) is 4. The molecule has 0 bridgehead atoms. The molecule has 7 heteroatoms. The second-order valence-corrected chi connectivity index (χ2v) is 6.41. The monoisotopic (exact) mass is 324 g/mol. The van der Waals surface area contributed by atoms with Crippen molar-refractivity contribution in [3.05, 3.63) is 34.2 Å². The molecule has 0 spiro atoms. The molecule has 1 amide bonds. The van der Waals surface area contributed by atoms with Crippen LogP contribution in [0.15, 0.2) is 24.3 Å². The van der Waals surface area contributed by atoms with Gasteiger partial charge < -0.3 is 10.4 Å². The van der Waals surface area contributed by atoms with Crippen molar-refractivity contribution in [1.82, 2.24) is 10.2 Å². The minimum atomic E-state index is -0.938. The zero-order valence-corrected chi connectivity index (χ0v) is 12.6. The average molecular weight is 325 g/mol. The number of hydrogen-bond donors (Lipinski definition) is 2. The third kappa shape index (κ3) is 2.74. The van der Waals surface area contributed by atoms with Crippen LogP contribution in [-0.2, 0) is 16.1 Å². The standard InChI is InChI=1S/C14H13ClN2O3S/c15-13-8-3-1-2-4-10(8)21-11(13)6-17-7-12(18)16-5-9(17)14(19)20/h1-4,9H,5-7H2,(H,16,18)(H,19,20). The summed E-state index contributed by atoms with van der Waals surface area (Å²) in [5, 5.41) is 13.4. The van der Waals surface area contributed by atoms with Crippen LogP contribution < -0.4 is 5.32 Å². The van der Waals surface area contributed by atoms with Gasteiger partial charge in [0.15, 0.2) is 0 Å². The van der Waals surface area contributed by atoms with Gasteiger partial charge >= 0.3 is 5.97 Å². The Bertz CT molecular complexity index is 715. The summed E-state index contributed by atoms with van der Waals surface area (Å²) in [4.78, 5) is 25.3. The van der Waals surface area contributed by atoms with Gasteiger partial charge in [-0.2, -0.15) is 0 Å². The number of carboxylic acid groups (broad SMARTS) is 1. The number of nitrogens with one attached hydrogen (secondary N) is 1. The van der Waals surface area contributed by atoms with Crippen molar-refractivity contribution in [3.8, 4) is 0 Å². The largest absolute Gasteiger partial charge is 0.480 e. The molecule has 2 N–H and O–H groups in total. The Morgan fingerprint density at radius 3 is 2.95 bits per heavy atom. The molecule has 1 atom stereocenters. The Balaban J connectivity index is 1.90. The Hall–Kier alpha value is -1.63. The summed E-state index contributed by atoms with van der Waals surface area (Å²) in [6.07, 6.45) is 0. The number of carboxylic acids is 1. The molecule has 1 saturated heterocycles. The molecule has 2 heterocycles. The molecule has 110 valence electrons. The van der Waals surface area contributed by atoms with Gasteiger partial charge in [-0.3, -0.25) is 14.5 Å². The fraction of sp³-hybridized carbons (Fsp3) is 0.286. The van der Waals surface area contributed by atoms with Crippen LogP contribution in [0.5, 0.6) is 0 Å². The molecule has 2 aromatic rings. The van der Waals surface area contributed by atoms with E-state index in [9.17, 15) is 14.7 Å². The van der Waals surface area contributed by atoms with E-state index in [1.807, 2.05) is 24.3 Å². The van der Waals surface area contributed by atoms with E-state index in [-0.39, 0.29) is 19.0 Å². The Morgan fingerprint density at radius 2 is 2.24 bits per heavy atom. The molecule has 1 aliphatic rings. The minimum Gasteiger partial charge on any atom is -0.480 e. The average Bonchev–Trinajstić information content (AvgIpc) is 2.76. The Morgan fingerprint density at radius 1 is 1.48 bits per heavy atom. The quantitative estimate of drug-likeness (QED) is 0.905. The number of carbonyl (C=O) groups is 2. The molecule has 1 aromatic carbocycles. The van der Waals surface area contributed by atoms with Gasteiger partial charge in [-0.15, -0.1) is 11.3 Å². The molecule has 1 aliphatic heterocycles. The summed E-state index contributed by atoms with van der Waals surface area (Å²) in [5.41, 5.74) is 0. The maximum absolute atomic E-state index is 11.5. The molecule has 0 radical (unpaired) electrons. The fourth-order valence-electron chi connectivity index (χ4n) is 2.45. The van der Waals surface area contributed by atoms with Gasteiger partial charge in [-0.25, -0.2) is 0 Å². The second-order valence-electron chi connectivity index (χ2n) is 4.90. The maximum Gasteiger partial charge on any atom is 0.322 e. The zero-order valence-electron chi connectivity index (χ0n) is 11.0. The van der Waals surface area contributed by atoms with E-state index < -0.39 is 12.0 Å². The van der Waals surface area contributed by atoms with Gasteiger partial charge in [0.05, 0.1) is 11.6 Å². The predicted molar refractivity (Wildman–Crippen MR) is 81.7 cm³/mol. The summed E-state index contributed by atoms with van der Waals surface area (Å²) in [7, 11) is 0. The van der Waals surface area contributed by atoms with Crippen molar-refractivity contribution in [2.75, 3.05) is 13.1 Å². The summed E-state index contributed by atoms with van der Waals surface area (Å²) in [6, 6.07) is 7.05. The van der Waals surface area contributed by atoms with Crippen LogP contribution in [0.25, 0.3) is 10.1 Å². The number of halogens is 1. The van der Waals surface area contributed by atoms with Crippen molar-refractivity contribution in [2.45, 2.75) is 12.6 Å². The molecule has 1 fully saturated rings. The normalized spacial score (nSPS) is 19.7. The number of aliphatic carboxylic acids is 1. The molecule has 1 unspecified atom stereocenters. The van der Waals surface area contributed by atoms with E-state index in [2.05, 4.69) is 5.32 Å². The topological polar surface area (TPSA) is 69.6 Å². The fourth-order valence-corrected chi connectivity index (χ4v) is 3.97. The number of piperazine rings is 1. The highest BCUT2D eigenvalue weighted by atomic mass is 35.5. The Kier molecular flexibility index (Phi) is 3.84. The molecule has 5 nitrogen and oxygen atoms in total. The van der Waals surface area contributed by atoms with Crippen LogP contribution in [-0.4, -0.2) is 41.0 Å². The SMILES string of the molecule is O=C1CN(Cc2sc3ccccc3c2Cl)C(C(=O)O)CN1. The first-order valence-corrected chi connectivity index (χ1v) is 7.65. The lowest BCUT2D eigenvalue weighted by molar-refractivity contribution is -0.146.